The van der Waals surface area contributed by atoms with Crippen LogP contribution >= 0.6 is 0 Å². The number of methoxy groups -OCH3 is 1. The number of morpholine rings is 1. The first kappa shape index (κ1) is 16.2. The smallest absolute Gasteiger partial charge is 0.331 e. The van der Waals surface area contributed by atoms with Gasteiger partial charge in [-0.3, -0.25) is 4.79 Å². The molecule has 1 saturated heterocycles. The fourth-order valence-electron chi connectivity index (χ4n) is 1.96. The number of esters is 1. The van der Waals surface area contributed by atoms with Crippen molar-refractivity contribution in [1.82, 2.24) is 10.2 Å². The van der Waals surface area contributed by atoms with Gasteiger partial charge in [-0.15, -0.1) is 0 Å². The Morgan fingerprint density at radius 1 is 1.45 bits per heavy atom. The van der Waals surface area contributed by atoms with Crippen molar-refractivity contribution in [3.05, 3.63) is 0 Å². The molecular formula is C12H20N2O6. The van der Waals surface area contributed by atoms with Crippen LogP contribution in [0, 0.1) is 0 Å². The van der Waals surface area contributed by atoms with Gasteiger partial charge in [0.15, 0.2) is 6.04 Å². The highest BCUT2D eigenvalue weighted by Crippen LogP contribution is 2.13. The first-order valence-electron chi connectivity index (χ1n) is 6.23. The van der Waals surface area contributed by atoms with Crippen LogP contribution in [0.1, 0.15) is 20.3 Å². The molecule has 1 unspecified atom stereocenters. The predicted octanol–water partition coefficient (Wildman–Crippen LogP) is -0.177. The Balaban J connectivity index is 2.73. The Morgan fingerprint density at radius 3 is 2.65 bits per heavy atom. The average molecular weight is 288 g/mol. The Bertz CT molecular complexity index is 395. The molecule has 0 aliphatic carbocycles. The van der Waals surface area contributed by atoms with Crippen LogP contribution in [0.15, 0.2) is 0 Å². The number of hydrogen-bond acceptors (Lipinski definition) is 5. The Kier molecular flexibility index (Phi) is 5.32. The number of rotatable bonds is 4. The number of carbonyl (C=O) groups excluding carboxylic acids is 2. The van der Waals surface area contributed by atoms with Crippen molar-refractivity contribution in [2.45, 2.75) is 31.8 Å². The van der Waals surface area contributed by atoms with Crippen LogP contribution < -0.4 is 5.32 Å². The number of nitrogens with zero attached hydrogens (tertiary/aromatic N) is 1. The van der Waals surface area contributed by atoms with Gasteiger partial charge < -0.3 is 24.8 Å². The van der Waals surface area contributed by atoms with Crippen LogP contribution in [0.5, 0.6) is 0 Å². The number of carboxylic acids is 1. The molecular weight excluding hydrogens is 268 g/mol. The highest BCUT2D eigenvalue weighted by Gasteiger charge is 2.36. The Hall–Kier alpha value is -1.83. The average Bonchev–Trinajstić information content (AvgIpc) is 2.35. The first-order chi connectivity index (χ1) is 9.26. The number of urea groups is 1. The molecule has 1 fully saturated rings. The lowest BCUT2D eigenvalue weighted by Gasteiger charge is -2.36. The molecule has 0 radical (unpaired) electrons. The largest absolute Gasteiger partial charge is 0.481 e. The van der Waals surface area contributed by atoms with Crippen molar-refractivity contribution >= 4 is 18.0 Å². The lowest BCUT2D eigenvalue weighted by atomic mass is 10.0. The minimum atomic E-state index is -1.01. The summed E-state index contributed by atoms with van der Waals surface area (Å²) in [6, 6.07) is -1.32. The molecule has 1 atom stereocenters. The monoisotopic (exact) mass is 288 g/mol. The molecule has 2 amide bonds. The summed E-state index contributed by atoms with van der Waals surface area (Å²) < 4.78 is 9.79. The van der Waals surface area contributed by atoms with Crippen LogP contribution in [0.3, 0.4) is 0 Å². The molecule has 8 heteroatoms. The van der Waals surface area contributed by atoms with Gasteiger partial charge in [0.25, 0.3) is 0 Å². The number of aliphatic carboxylic acids is 1. The van der Waals surface area contributed by atoms with E-state index in [-0.39, 0.29) is 19.6 Å². The molecule has 0 bridgehead atoms. The van der Waals surface area contributed by atoms with Crippen LogP contribution in [0.2, 0.25) is 0 Å². The standard InChI is InChI=1S/C12H20N2O6/c1-12(2,6-9(15)16)13-11(18)14-4-5-20-7-8(14)10(17)19-3/h8H,4-7H2,1-3H3,(H,13,18)(H,15,16). The summed E-state index contributed by atoms with van der Waals surface area (Å²) in [6.07, 6.45) is -0.216. The number of carboxylic acid groups (broad SMARTS) is 1. The van der Waals surface area contributed by atoms with E-state index in [0.717, 1.165) is 0 Å². The van der Waals surface area contributed by atoms with Gasteiger partial charge in [0, 0.05) is 12.1 Å². The molecule has 1 aliphatic rings. The zero-order valence-corrected chi connectivity index (χ0v) is 11.8. The van der Waals surface area contributed by atoms with Crippen molar-refractivity contribution in [1.29, 1.82) is 0 Å². The van der Waals surface area contributed by atoms with E-state index in [0.29, 0.717) is 6.61 Å². The normalized spacial score (nSPS) is 19.4. The fourth-order valence-corrected chi connectivity index (χ4v) is 1.96. The predicted molar refractivity (Wildman–Crippen MR) is 68.2 cm³/mol. The molecule has 114 valence electrons. The van der Waals surface area contributed by atoms with E-state index in [9.17, 15) is 14.4 Å². The Morgan fingerprint density at radius 2 is 2.10 bits per heavy atom. The summed E-state index contributed by atoms with van der Waals surface area (Å²) in [5.74, 6) is -1.57. The third-order valence-corrected chi connectivity index (χ3v) is 2.90. The van der Waals surface area contributed by atoms with Crippen LogP contribution in [0.25, 0.3) is 0 Å². The lowest BCUT2D eigenvalue weighted by Crippen LogP contribution is -2.59. The van der Waals surface area contributed by atoms with E-state index in [1.807, 2.05) is 0 Å². The molecule has 0 aromatic rings. The molecule has 1 aliphatic heterocycles. The minimum Gasteiger partial charge on any atom is -0.481 e. The van der Waals surface area contributed by atoms with Crippen molar-refractivity contribution < 1.29 is 29.0 Å². The van der Waals surface area contributed by atoms with Gasteiger partial charge in [-0.1, -0.05) is 0 Å². The summed E-state index contributed by atoms with van der Waals surface area (Å²) in [5.41, 5.74) is -0.915. The Labute approximate surface area is 117 Å². The summed E-state index contributed by atoms with van der Waals surface area (Å²) in [6.45, 7) is 3.84. The zero-order valence-electron chi connectivity index (χ0n) is 11.8. The van der Waals surface area contributed by atoms with Crippen molar-refractivity contribution in [2.75, 3.05) is 26.9 Å². The van der Waals surface area contributed by atoms with Gasteiger partial charge in [-0.05, 0) is 13.8 Å². The van der Waals surface area contributed by atoms with Gasteiger partial charge in [0.1, 0.15) is 0 Å². The SMILES string of the molecule is COC(=O)C1COCCN1C(=O)NC(C)(C)CC(=O)O. The maximum atomic E-state index is 12.2. The van der Waals surface area contributed by atoms with Crippen LogP contribution in [-0.4, -0.2) is 66.4 Å². The molecule has 0 aromatic heterocycles. The minimum absolute atomic E-state index is 0.0689. The summed E-state index contributed by atoms with van der Waals surface area (Å²) in [7, 11) is 1.24. The quantitative estimate of drug-likeness (QED) is 0.695. The number of carbonyl (C=O) groups is 3. The van der Waals surface area contributed by atoms with Gasteiger partial charge in [0.2, 0.25) is 0 Å². The number of hydrogen-bond donors (Lipinski definition) is 2. The van der Waals surface area contributed by atoms with Crippen LogP contribution in [0.4, 0.5) is 4.79 Å². The molecule has 8 nitrogen and oxygen atoms in total. The summed E-state index contributed by atoms with van der Waals surface area (Å²) >= 11 is 0. The third-order valence-electron chi connectivity index (χ3n) is 2.90. The van der Waals surface area contributed by atoms with E-state index >= 15 is 0 Å². The van der Waals surface area contributed by atoms with E-state index in [1.54, 1.807) is 13.8 Å². The van der Waals surface area contributed by atoms with E-state index in [4.69, 9.17) is 9.84 Å². The van der Waals surface area contributed by atoms with Gasteiger partial charge in [0.05, 0.1) is 26.7 Å². The number of nitrogens with one attached hydrogen (secondary N) is 1. The van der Waals surface area contributed by atoms with E-state index in [1.165, 1.54) is 12.0 Å². The number of ether oxygens (including phenoxy) is 2. The first-order valence-corrected chi connectivity index (χ1v) is 6.23. The molecule has 1 rings (SSSR count). The highest BCUT2D eigenvalue weighted by molar-refractivity contribution is 5.84. The number of amides is 2. The maximum Gasteiger partial charge on any atom is 0.331 e. The third kappa shape index (κ3) is 4.37. The maximum absolute atomic E-state index is 12.2. The van der Waals surface area contributed by atoms with Gasteiger partial charge in [-0.25, -0.2) is 9.59 Å². The summed E-state index contributed by atoms with van der Waals surface area (Å²) in [5, 5.41) is 11.4. The molecule has 20 heavy (non-hydrogen) atoms. The molecule has 0 aromatic carbocycles. The van der Waals surface area contributed by atoms with Gasteiger partial charge >= 0.3 is 18.0 Å². The molecule has 2 N–H and O–H groups in total. The molecule has 1 heterocycles. The van der Waals surface area contributed by atoms with Crippen molar-refractivity contribution in [3.63, 3.8) is 0 Å². The lowest BCUT2D eigenvalue weighted by molar-refractivity contribution is -0.151. The van der Waals surface area contributed by atoms with Gasteiger partial charge in [-0.2, -0.15) is 0 Å². The second-order valence-corrected chi connectivity index (χ2v) is 5.19. The topological polar surface area (TPSA) is 105 Å². The second kappa shape index (κ2) is 6.56. The van der Waals surface area contributed by atoms with Crippen molar-refractivity contribution in [2.24, 2.45) is 0 Å². The van der Waals surface area contributed by atoms with E-state index < -0.39 is 29.6 Å². The van der Waals surface area contributed by atoms with Crippen molar-refractivity contribution in [3.8, 4) is 0 Å². The zero-order chi connectivity index (χ0) is 15.3. The molecule has 0 saturated carbocycles. The summed E-state index contributed by atoms with van der Waals surface area (Å²) in [4.78, 5) is 35.8. The fraction of sp³-hybridized carbons (Fsp3) is 0.750. The molecule has 0 spiro atoms. The van der Waals surface area contributed by atoms with Crippen LogP contribution in [-0.2, 0) is 19.1 Å². The highest BCUT2D eigenvalue weighted by atomic mass is 16.5. The van der Waals surface area contributed by atoms with E-state index in [2.05, 4.69) is 10.1 Å². The second-order valence-electron chi connectivity index (χ2n) is 5.19.